The number of fused-ring (bicyclic) bond motifs is 1. The fourth-order valence-corrected chi connectivity index (χ4v) is 3.87. The number of nitriles is 1. The monoisotopic (exact) mass is 348 g/mol. The van der Waals surface area contributed by atoms with E-state index in [1.165, 1.54) is 0 Å². The summed E-state index contributed by atoms with van der Waals surface area (Å²) in [5.74, 6) is 1.21. The summed E-state index contributed by atoms with van der Waals surface area (Å²) in [6.45, 7) is 2.65. The third-order valence-corrected chi connectivity index (χ3v) is 5.40. The molecule has 1 aliphatic rings. The van der Waals surface area contributed by atoms with E-state index in [1.807, 2.05) is 37.4 Å². The van der Waals surface area contributed by atoms with Crippen LogP contribution in [0.15, 0.2) is 42.5 Å². The smallest absolute Gasteiger partial charge is 0.126 e. The van der Waals surface area contributed by atoms with E-state index >= 15 is 0 Å². The first-order valence-electron chi connectivity index (χ1n) is 8.98. The van der Waals surface area contributed by atoms with Gasteiger partial charge < -0.3 is 4.57 Å². The van der Waals surface area contributed by atoms with Crippen LogP contribution in [-0.4, -0.2) is 27.5 Å². The van der Waals surface area contributed by atoms with Crippen molar-refractivity contribution in [3.05, 3.63) is 65.2 Å². The molecule has 2 heterocycles. The van der Waals surface area contributed by atoms with Crippen molar-refractivity contribution in [2.75, 3.05) is 13.1 Å². The van der Waals surface area contributed by atoms with E-state index in [9.17, 15) is 4.39 Å². The van der Waals surface area contributed by atoms with Gasteiger partial charge in [0.1, 0.15) is 11.6 Å². The first-order chi connectivity index (χ1) is 12.7. The van der Waals surface area contributed by atoms with E-state index in [2.05, 4.69) is 15.5 Å². The summed E-state index contributed by atoms with van der Waals surface area (Å²) in [7, 11) is 2.02. The van der Waals surface area contributed by atoms with Crippen LogP contribution in [0.25, 0.3) is 11.0 Å². The Morgan fingerprint density at radius 2 is 1.96 bits per heavy atom. The summed E-state index contributed by atoms with van der Waals surface area (Å²) in [5.41, 5.74) is 3.38. The van der Waals surface area contributed by atoms with Crippen molar-refractivity contribution in [2.45, 2.75) is 25.3 Å². The maximum absolute atomic E-state index is 14.0. The molecular weight excluding hydrogens is 327 g/mol. The Morgan fingerprint density at radius 1 is 1.19 bits per heavy atom. The van der Waals surface area contributed by atoms with Crippen molar-refractivity contribution in [3.63, 3.8) is 0 Å². The van der Waals surface area contributed by atoms with Gasteiger partial charge in [-0.3, -0.25) is 4.90 Å². The summed E-state index contributed by atoms with van der Waals surface area (Å²) >= 11 is 0. The minimum Gasteiger partial charge on any atom is -0.330 e. The zero-order valence-electron chi connectivity index (χ0n) is 14.8. The highest BCUT2D eigenvalue weighted by Crippen LogP contribution is 2.30. The summed E-state index contributed by atoms with van der Waals surface area (Å²) in [6.07, 6.45) is 1.92. The number of benzene rings is 2. The second kappa shape index (κ2) is 6.89. The van der Waals surface area contributed by atoms with Crippen molar-refractivity contribution in [2.24, 2.45) is 7.05 Å². The number of nitrogens with zero attached hydrogens (tertiary/aromatic N) is 4. The van der Waals surface area contributed by atoms with Gasteiger partial charge in [0, 0.05) is 7.05 Å². The van der Waals surface area contributed by atoms with Crippen LogP contribution in [0.3, 0.4) is 0 Å². The van der Waals surface area contributed by atoms with Crippen LogP contribution in [0, 0.1) is 17.1 Å². The molecule has 132 valence electrons. The van der Waals surface area contributed by atoms with E-state index < -0.39 is 0 Å². The molecule has 0 bridgehead atoms. The van der Waals surface area contributed by atoms with Gasteiger partial charge in [0.05, 0.1) is 29.2 Å². The van der Waals surface area contributed by atoms with Gasteiger partial charge in [-0.25, -0.2) is 9.37 Å². The number of aryl methyl sites for hydroxylation is 1. The van der Waals surface area contributed by atoms with Gasteiger partial charge in [-0.1, -0.05) is 18.2 Å². The Labute approximate surface area is 152 Å². The average Bonchev–Trinajstić information content (AvgIpc) is 2.98. The molecule has 4 nitrogen and oxygen atoms in total. The van der Waals surface area contributed by atoms with E-state index in [-0.39, 0.29) is 5.82 Å². The first kappa shape index (κ1) is 16.7. The highest BCUT2D eigenvalue weighted by Gasteiger charge is 2.23. The molecule has 1 fully saturated rings. The summed E-state index contributed by atoms with van der Waals surface area (Å²) in [4.78, 5) is 7.10. The van der Waals surface area contributed by atoms with E-state index in [1.54, 1.807) is 12.1 Å². The summed E-state index contributed by atoms with van der Waals surface area (Å²) < 4.78 is 16.1. The minimum absolute atomic E-state index is 0.0883. The van der Waals surface area contributed by atoms with Gasteiger partial charge in [-0.05, 0) is 61.7 Å². The number of piperidine rings is 1. The molecule has 26 heavy (non-hydrogen) atoms. The number of likely N-dealkylation sites (tertiary alicyclic amines) is 1. The Morgan fingerprint density at radius 3 is 2.69 bits per heavy atom. The molecule has 4 rings (SSSR count). The Kier molecular flexibility index (Phi) is 4.44. The second-order valence-electron chi connectivity index (χ2n) is 6.97. The number of hydrogen-bond acceptors (Lipinski definition) is 3. The second-order valence-corrected chi connectivity index (χ2v) is 6.97. The van der Waals surface area contributed by atoms with Crippen LogP contribution in [0.2, 0.25) is 0 Å². The summed E-state index contributed by atoms with van der Waals surface area (Å²) in [5, 5.41) is 9.05. The molecule has 0 saturated carbocycles. The van der Waals surface area contributed by atoms with Crippen LogP contribution in [0.5, 0.6) is 0 Å². The maximum atomic E-state index is 14.0. The first-order valence-corrected chi connectivity index (χ1v) is 8.98. The third kappa shape index (κ3) is 3.09. The van der Waals surface area contributed by atoms with E-state index in [0.717, 1.165) is 54.9 Å². The van der Waals surface area contributed by atoms with E-state index in [0.29, 0.717) is 11.5 Å². The lowest BCUT2D eigenvalue weighted by molar-refractivity contribution is 0.197. The van der Waals surface area contributed by atoms with E-state index in [4.69, 9.17) is 10.2 Å². The van der Waals surface area contributed by atoms with Crippen LogP contribution < -0.4 is 0 Å². The molecule has 1 aliphatic heterocycles. The minimum atomic E-state index is -0.0883. The molecular formula is C21H21FN4. The fraction of sp³-hybridized carbons (Fsp3) is 0.333. The maximum Gasteiger partial charge on any atom is 0.126 e. The Hall–Kier alpha value is -2.71. The highest BCUT2D eigenvalue weighted by atomic mass is 19.1. The molecule has 2 aromatic carbocycles. The third-order valence-electron chi connectivity index (χ3n) is 5.40. The molecule has 0 radical (unpaired) electrons. The molecule has 0 amide bonds. The van der Waals surface area contributed by atoms with Gasteiger partial charge in [0.15, 0.2) is 0 Å². The SMILES string of the molecule is Cn1c(CN2CCC(c3ccccc3F)CC2)nc2cc(C#N)ccc21. The Bertz CT molecular complexity index is 977. The molecule has 0 aliphatic carbocycles. The number of imidazole rings is 1. The molecule has 0 N–H and O–H groups in total. The Balaban J connectivity index is 1.46. The molecule has 0 unspecified atom stereocenters. The predicted molar refractivity (Wildman–Crippen MR) is 99.1 cm³/mol. The van der Waals surface area contributed by atoms with Crippen LogP contribution in [0.4, 0.5) is 4.39 Å². The summed E-state index contributed by atoms with van der Waals surface area (Å²) in [6, 6.07) is 14.9. The van der Waals surface area contributed by atoms with Crippen molar-refractivity contribution in [3.8, 4) is 6.07 Å². The lowest BCUT2D eigenvalue weighted by Gasteiger charge is -2.32. The topological polar surface area (TPSA) is 44.9 Å². The quantitative estimate of drug-likeness (QED) is 0.719. The van der Waals surface area contributed by atoms with Gasteiger partial charge in [0.25, 0.3) is 0 Å². The van der Waals surface area contributed by atoms with Crippen molar-refractivity contribution >= 4 is 11.0 Å². The number of aromatic nitrogens is 2. The van der Waals surface area contributed by atoms with Crippen molar-refractivity contribution in [1.29, 1.82) is 5.26 Å². The predicted octanol–water partition coefficient (Wildman–Crippen LogP) is 3.96. The largest absolute Gasteiger partial charge is 0.330 e. The lowest BCUT2D eigenvalue weighted by atomic mass is 9.89. The van der Waals surface area contributed by atoms with Crippen molar-refractivity contribution in [1.82, 2.24) is 14.5 Å². The zero-order chi connectivity index (χ0) is 18.1. The van der Waals surface area contributed by atoms with Gasteiger partial charge in [0.2, 0.25) is 0 Å². The molecule has 1 saturated heterocycles. The fourth-order valence-electron chi connectivity index (χ4n) is 3.87. The molecule has 0 spiro atoms. The lowest BCUT2D eigenvalue weighted by Crippen LogP contribution is -2.33. The van der Waals surface area contributed by atoms with Crippen molar-refractivity contribution < 1.29 is 4.39 Å². The average molecular weight is 348 g/mol. The van der Waals surface area contributed by atoms with Gasteiger partial charge in [-0.15, -0.1) is 0 Å². The highest BCUT2D eigenvalue weighted by molar-refractivity contribution is 5.77. The van der Waals surface area contributed by atoms with Crippen LogP contribution in [0.1, 0.15) is 35.7 Å². The molecule has 1 aromatic heterocycles. The van der Waals surface area contributed by atoms with Gasteiger partial charge in [-0.2, -0.15) is 5.26 Å². The molecule has 0 atom stereocenters. The molecule has 3 aromatic rings. The standard InChI is InChI=1S/C21H21FN4/c1-25-20-7-6-15(13-23)12-19(20)24-21(25)14-26-10-8-16(9-11-26)17-4-2-3-5-18(17)22/h2-7,12,16H,8-11,14H2,1H3. The van der Waals surface area contributed by atoms with Crippen LogP contribution >= 0.6 is 0 Å². The number of rotatable bonds is 3. The number of hydrogen-bond donors (Lipinski definition) is 0. The molecule has 5 heteroatoms. The number of halogens is 1. The van der Waals surface area contributed by atoms with Gasteiger partial charge >= 0.3 is 0 Å². The normalized spacial score (nSPS) is 16.0. The van der Waals surface area contributed by atoms with Crippen LogP contribution in [-0.2, 0) is 13.6 Å². The zero-order valence-corrected chi connectivity index (χ0v) is 14.8.